The topological polar surface area (TPSA) is 92.1 Å². The van der Waals surface area contributed by atoms with Crippen molar-refractivity contribution >= 4 is 50.7 Å². The molecule has 0 atom stereocenters. The average molecular weight is 490 g/mol. The lowest BCUT2D eigenvalue weighted by Crippen LogP contribution is -2.15. The standard InChI is InChI=1S/C26H20ClN3O3S/c1-4-33-26(32)23-14(2)19(13-28)25(34-23)30-24(31)21-15(3)22(16-9-11-17(27)12-10-16)29-20-8-6-5-7-18(20)21/h5-12H,4H2,1-3H3,(H,30,31). The predicted octanol–water partition coefficient (Wildman–Crippen LogP) is 6.53. The summed E-state index contributed by atoms with van der Waals surface area (Å²) in [5.41, 5.74) is 4.03. The maximum Gasteiger partial charge on any atom is 0.348 e. The van der Waals surface area contributed by atoms with E-state index in [1.807, 2.05) is 43.3 Å². The van der Waals surface area contributed by atoms with Crippen LogP contribution in [0.5, 0.6) is 0 Å². The van der Waals surface area contributed by atoms with Gasteiger partial charge in [-0.3, -0.25) is 4.79 Å². The van der Waals surface area contributed by atoms with Gasteiger partial charge in [0.1, 0.15) is 15.9 Å². The number of nitriles is 1. The highest BCUT2D eigenvalue weighted by molar-refractivity contribution is 7.18. The molecule has 34 heavy (non-hydrogen) atoms. The molecule has 0 aliphatic rings. The van der Waals surface area contributed by atoms with Gasteiger partial charge >= 0.3 is 5.97 Å². The molecule has 0 saturated carbocycles. The smallest absolute Gasteiger partial charge is 0.348 e. The fraction of sp³-hybridized carbons (Fsp3) is 0.154. The maximum absolute atomic E-state index is 13.6. The van der Waals surface area contributed by atoms with E-state index < -0.39 is 5.97 Å². The van der Waals surface area contributed by atoms with Crippen molar-refractivity contribution in [3.05, 3.63) is 80.7 Å². The van der Waals surface area contributed by atoms with Gasteiger partial charge in [-0.1, -0.05) is 41.9 Å². The number of ether oxygens (including phenoxy) is 1. The van der Waals surface area contributed by atoms with E-state index in [0.717, 1.165) is 16.9 Å². The molecule has 1 N–H and O–H groups in total. The first kappa shape index (κ1) is 23.4. The number of hydrogen-bond donors (Lipinski definition) is 1. The Morgan fingerprint density at radius 1 is 1.12 bits per heavy atom. The minimum absolute atomic E-state index is 0.218. The molecule has 170 valence electrons. The molecule has 0 saturated heterocycles. The molecule has 6 nitrogen and oxygen atoms in total. The van der Waals surface area contributed by atoms with Crippen LogP contribution in [0, 0.1) is 25.2 Å². The van der Waals surface area contributed by atoms with Crippen molar-refractivity contribution in [2.45, 2.75) is 20.8 Å². The number of benzene rings is 2. The third kappa shape index (κ3) is 4.26. The molecule has 0 aliphatic heterocycles. The number of carbonyl (C=O) groups is 2. The molecule has 1 amide bonds. The van der Waals surface area contributed by atoms with E-state index in [1.54, 1.807) is 26.0 Å². The van der Waals surface area contributed by atoms with Crippen LogP contribution in [-0.2, 0) is 4.74 Å². The van der Waals surface area contributed by atoms with E-state index in [1.165, 1.54) is 0 Å². The Morgan fingerprint density at radius 3 is 2.50 bits per heavy atom. The number of aromatic nitrogens is 1. The number of pyridine rings is 1. The summed E-state index contributed by atoms with van der Waals surface area (Å²) in [5.74, 6) is -0.906. The Labute approximate surface area is 205 Å². The lowest BCUT2D eigenvalue weighted by molar-refractivity contribution is 0.0531. The average Bonchev–Trinajstić information content (AvgIpc) is 3.14. The molecule has 0 bridgehead atoms. The zero-order valence-corrected chi connectivity index (χ0v) is 20.3. The van der Waals surface area contributed by atoms with Crippen LogP contribution in [0.1, 0.15) is 43.6 Å². The number of halogens is 1. The number of rotatable bonds is 5. The Hall–Kier alpha value is -3.73. The SMILES string of the molecule is CCOC(=O)c1sc(NC(=O)c2c(C)c(-c3ccc(Cl)cc3)nc3ccccc23)c(C#N)c1C. The number of amides is 1. The Kier molecular flexibility index (Phi) is 6.64. The zero-order chi connectivity index (χ0) is 24.4. The molecular formula is C26H20ClN3O3S. The number of hydrogen-bond acceptors (Lipinski definition) is 6. The van der Waals surface area contributed by atoms with Gasteiger partial charge in [-0.05, 0) is 50.1 Å². The van der Waals surface area contributed by atoms with Gasteiger partial charge in [0, 0.05) is 16.0 Å². The molecular weight excluding hydrogens is 470 g/mol. The molecule has 0 fully saturated rings. The van der Waals surface area contributed by atoms with E-state index in [4.69, 9.17) is 21.3 Å². The molecule has 2 heterocycles. The molecule has 4 aromatic rings. The highest BCUT2D eigenvalue weighted by Crippen LogP contribution is 2.35. The Bertz CT molecular complexity index is 1470. The van der Waals surface area contributed by atoms with Gasteiger partial charge in [0.25, 0.3) is 5.91 Å². The first-order valence-corrected chi connectivity index (χ1v) is 11.7. The first-order chi connectivity index (χ1) is 16.3. The van der Waals surface area contributed by atoms with E-state index in [9.17, 15) is 14.9 Å². The second kappa shape index (κ2) is 9.64. The molecule has 8 heteroatoms. The summed E-state index contributed by atoms with van der Waals surface area (Å²) in [7, 11) is 0. The molecule has 0 unspecified atom stereocenters. The van der Waals surface area contributed by atoms with Gasteiger partial charge in [-0.2, -0.15) is 5.26 Å². The molecule has 2 aromatic carbocycles. The van der Waals surface area contributed by atoms with Crippen LogP contribution in [0.2, 0.25) is 5.02 Å². The Balaban J connectivity index is 1.83. The van der Waals surface area contributed by atoms with E-state index in [-0.39, 0.29) is 18.1 Å². The number of nitrogens with zero attached hydrogens (tertiary/aromatic N) is 2. The summed E-state index contributed by atoms with van der Waals surface area (Å²) in [6.07, 6.45) is 0. The predicted molar refractivity (Wildman–Crippen MR) is 135 cm³/mol. The van der Waals surface area contributed by atoms with Crippen molar-refractivity contribution in [1.82, 2.24) is 4.98 Å². The van der Waals surface area contributed by atoms with Crippen molar-refractivity contribution in [3.8, 4) is 17.3 Å². The number of thiophene rings is 1. The van der Waals surface area contributed by atoms with Gasteiger partial charge in [0.15, 0.2) is 0 Å². The minimum Gasteiger partial charge on any atom is -0.462 e. The van der Waals surface area contributed by atoms with Gasteiger partial charge < -0.3 is 10.1 Å². The van der Waals surface area contributed by atoms with E-state index >= 15 is 0 Å². The summed E-state index contributed by atoms with van der Waals surface area (Å²) in [6.45, 7) is 5.44. The van der Waals surface area contributed by atoms with Crippen molar-refractivity contribution in [1.29, 1.82) is 5.26 Å². The van der Waals surface area contributed by atoms with Gasteiger partial charge in [0.2, 0.25) is 0 Å². The van der Waals surface area contributed by atoms with Gasteiger partial charge in [0.05, 0.1) is 28.9 Å². The third-order valence-electron chi connectivity index (χ3n) is 5.43. The molecule has 4 rings (SSSR count). The van der Waals surface area contributed by atoms with E-state index in [2.05, 4.69) is 11.4 Å². The monoisotopic (exact) mass is 489 g/mol. The summed E-state index contributed by atoms with van der Waals surface area (Å²) < 4.78 is 5.09. The van der Waals surface area contributed by atoms with Crippen molar-refractivity contribution < 1.29 is 14.3 Å². The fourth-order valence-electron chi connectivity index (χ4n) is 3.78. The van der Waals surface area contributed by atoms with Crippen LogP contribution < -0.4 is 5.32 Å². The van der Waals surface area contributed by atoms with Crippen molar-refractivity contribution in [3.63, 3.8) is 0 Å². The van der Waals surface area contributed by atoms with Crippen LogP contribution in [0.25, 0.3) is 22.2 Å². The zero-order valence-electron chi connectivity index (χ0n) is 18.7. The van der Waals surface area contributed by atoms with Gasteiger partial charge in [-0.25, -0.2) is 9.78 Å². The largest absolute Gasteiger partial charge is 0.462 e. The fourth-order valence-corrected chi connectivity index (χ4v) is 4.95. The maximum atomic E-state index is 13.6. The number of esters is 1. The molecule has 2 aromatic heterocycles. The van der Waals surface area contributed by atoms with Crippen molar-refractivity contribution in [2.24, 2.45) is 0 Å². The second-order valence-corrected chi connectivity index (χ2v) is 8.99. The highest BCUT2D eigenvalue weighted by atomic mass is 35.5. The highest BCUT2D eigenvalue weighted by Gasteiger charge is 2.25. The number of carbonyl (C=O) groups excluding carboxylic acids is 2. The Morgan fingerprint density at radius 2 is 1.82 bits per heavy atom. The quantitative estimate of drug-likeness (QED) is 0.321. The van der Waals surface area contributed by atoms with Crippen LogP contribution in [0.4, 0.5) is 5.00 Å². The summed E-state index contributed by atoms with van der Waals surface area (Å²) in [4.78, 5) is 31.0. The van der Waals surface area contributed by atoms with Crippen LogP contribution >= 0.6 is 22.9 Å². The normalized spacial score (nSPS) is 10.7. The lowest BCUT2D eigenvalue weighted by Gasteiger charge is -2.14. The number of nitrogens with one attached hydrogen (secondary N) is 1. The second-order valence-electron chi connectivity index (χ2n) is 7.53. The van der Waals surface area contributed by atoms with Crippen LogP contribution in [-0.4, -0.2) is 23.5 Å². The van der Waals surface area contributed by atoms with Crippen LogP contribution in [0.15, 0.2) is 48.5 Å². The number of fused-ring (bicyclic) bond motifs is 1. The lowest BCUT2D eigenvalue weighted by atomic mass is 9.97. The minimum atomic E-state index is -0.516. The summed E-state index contributed by atoms with van der Waals surface area (Å²) in [6, 6.07) is 16.8. The molecule has 0 spiro atoms. The first-order valence-electron chi connectivity index (χ1n) is 10.5. The number of para-hydroxylation sites is 1. The summed E-state index contributed by atoms with van der Waals surface area (Å²) in [5, 5.41) is 14.1. The molecule has 0 aliphatic carbocycles. The van der Waals surface area contributed by atoms with E-state index in [0.29, 0.717) is 48.2 Å². The molecule has 0 radical (unpaired) electrons. The third-order valence-corrected chi connectivity index (χ3v) is 6.87. The van der Waals surface area contributed by atoms with Crippen molar-refractivity contribution in [2.75, 3.05) is 11.9 Å². The van der Waals surface area contributed by atoms with Crippen LogP contribution in [0.3, 0.4) is 0 Å². The summed E-state index contributed by atoms with van der Waals surface area (Å²) >= 11 is 7.08. The van der Waals surface area contributed by atoms with Gasteiger partial charge in [-0.15, -0.1) is 11.3 Å². The number of anilines is 1.